The van der Waals surface area contributed by atoms with E-state index in [9.17, 15) is 15.2 Å². The molecule has 0 aliphatic carbocycles. The van der Waals surface area contributed by atoms with Crippen molar-refractivity contribution < 1.29 is 39.6 Å². The molecule has 19 heavy (non-hydrogen) atoms. The Kier molecular flexibility index (Phi) is 5.62. The van der Waals surface area contributed by atoms with E-state index in [0.29, 0.717) is 11.4 Å². The molecule has 2 aromatic carbocycles. The zero-order valence-electron chi connectivity index (χ0n) is 10.2. The van der Waals surface area contributed by atoms with Gasteiger partial charge >= 0.3 is 29.6 Å². The summed E-state index contributed by atoms with van der Waals surface area (Å²) in [5.74, 6) is -0.0933. The van der Waals surface area contributed by atoms with Gasteiger partial charge in [-0.2, -0.15) is 10.2 Å². The Morgan fingerprint density at radius 3 is 1.68 bits per heavy atom. The molecular formula is C12H8N3NaO3. The summed E-state index contributed by atoms with van der Waals surface area (Å²) in [6, 6.07) is 11.6. The van der Waals surface area contributed by atoms with Crippen LogP contribution in [0, 0.1) is 10.1 Å². The van der Waals surface area contributed by atoms with Crippen molar-refractivity contribution in [2.24, 2.45) is 10.2 Å². The van der Waals surface area contributed by atoms with Crippen molar-refractivity contribution in [3.8, 4) is 5.75 Å². The molecule has 7 heteroatoms. The fourth-order valence-corrected chi connectivity index (χ4v) is 1.27. The van der Waals surface area contributed by atoms with E-state index >= 15 is 0 Å². The molecule has 0 spiro atoms. The van der Waals surface area contributed by atoms with Gasteiger partial charge in [0.25, 0.3) is 5.69 Å². The van der Waals surface area contributed by atoms with Crippen LogP contribution in [0.5, 0.6) is 5.75 Å². The first-order valence-corrected chi connectivity index (χ1v) is 5.08. The SMILES string of the molecule is O=[N+]([O-])c1ccc(N=Nc2ccc([O-])cc2)cc1.[Na+]. The van der Waals surface area contributed by atoms with Crippen LogP contribution in [0.2, 0.25) is 0 Å². The van der Waals surface area contributed by atoms with Crippen molar-refractivity contribution in [2.75, 3.05) is 0 Å². The Morgan fingerprint density at radius 1 is 0.842 bits per heavy atom. The summed E-state index contributed by atoms with van der Waals surface area (Å²) in [6.07, 6.45) is 0. The van der Waals surface area contributed by atoms with E-state index in [0.717, 1.165) is 0 Å². The molecule has 90 valence electrons. The molecule has 0 unspecified atom stereocenters. The van der Waals surface area contributed by atoms with Gasteiger partial charge in [-0.05, 0) is 24.3 Å². The fourth-order valence-electron chi connectivity index (χ4n) is 1.27. The Bertz CT molecular complexity index is 582. The third kappa shape index (κ3) is 4.44. The number of hydrogen-bond acceptors (Lipinski definition) is 5. The summed E-state index contributed by atoms with van der Waals surface area (Å²) in [7, 11) is 0. The van der Waals surface area contributed by atoms with E-state index in [1.54, 1.807) is 12.1 Å². The molecule has 0 aromatic heterocycles. The molecule has 0 radical (unpaired) electrons. The Morgan fingerprint density at radius 2 is 1.26 bits per heavy atom. The fraction of sp³-hybridized carbons (Fsp3) is 0. The largest absolute Gasteiger partial charge is 1.00 e. The molecule has 0 fully saturated rings. The topological polar surface area (TPSA) is 90.9 Å². The minimum Gasteiger partial charge on any atom is -0.872 e. The van der Waals surface area contributed by atoms with Crippen LogP contribution in [0.25, 0.3) is 0 Å². The maximum Gasteiger partial charge on any atom is 1.00 e. The molecule has 2 rings (SSSR count). The van der Waals surface area contributed by atoms with Gasteiger partial charge in [0.1, 0.15) is 0 Å². The Labute approximate surface area is 131 Å². The number of nitro groups is 1. The van der Waals surface area contributed by atoms with E-state index in [4.69, 9.17) is 0 Å². The third-order valence-corrected chi connectivity index (χ3v) is 2.18. The van der Waals surface area contributed by atoms with E-state index < -0.39 is 4.92 Å². The van der Waals surface area contributed by atoms with Crippen molar-refractivity contribution in [1.82, 2.24) is 0 Å². The molecular weight excluding hydrogens is 257 g/mol. The van der Waals surface area contributed by atoms with Crippen LogP contribution in [0.3, 0.4) is 0 Å². The maximum atomic E-state index is 10.9. The zero-order valence-corrected chi connectivity index (χ0v) is 12.2. The quantitative estimate of drug-likeness (QED) is 0.341. The molecule has 0 atom stereocenters. The predicted octanol–water partition coefficient (Wildman–Crippen LogP) is 0.0878. The summed E-state index contributed by atoms with van der Waals surface area (Å²) in [5.41, 5.74) is 1.06. The van der Waals surface area contributed by atoms with Gasteiger partial charge in [0.05, 0.1) is 16.3 Å². The molecule has 0 heterocycles. The van der Waals surface area contributed by atoms with Gasteiger partial charge < -0.3 is 5.11 Å². The minimum atomic E-state index is -0.478. The molecule has 0 bridgehead atoms. The summed E-state index contributed by atoms with van der Waals surface area (Å²) in [6.45, 7) is 0. The van der Waals surface area contributed by atoms with Crippen LogP contribution in [0.15, 0.2) is 58.8 Å². The van der Waals surface area contributed by atoms with E-state index in [1.165, 1.54) is 36.4 Å². The molecule has 0 N–H and O–H groups in total. The van der Waals surface area contributed by atoms with E-state index in [-0.39, 0.29) is 41.0 Å². The molecule has 0 saturated heterocycles. The smallest absolute Gasteiger partial charge is 0.872 e. The Hall–Kier alpha value is -1.76. The summed E-state index contributed by atoms with van der Waals surface area (Å²) >= 11 is 0. The van der Waals surface area contributed by atoms with Crippen LogP contribution < -0.4 is 34.7 Å². The second kappa shape index (κ2) is 6.98. The van der Waals surface area contributed by atoms with Gasteiger partial charge in [0.2, 0.25) is 0 Å². The van der Waals surface area contributed by atoms with Crippen LogP contribution in [-0.2, 0) is 0 Å². The number of rotatable bonds is 3. The molecule has 0 amide bonds. The molecule has 0 aliphatic rings. The Balaban J connectivity index is 0.00000180. The van der Waals surface area contributed by atoms with E-state index in [2.05, 4.69) is 10.2 Å². The first kappa shape index (κ1) is 15.3. The number of hydrogen-bond donors (Lipinski definition) is 0. The first-order valence-electron chi connectivity index (χ1n) is 5.08. The van der Waals surface area contributed by atoms with Crippen molar-refractivity contribution in [3.05, 3.63) is 58.6 Å². The second-order valence-electron chi connectivity index (χ2n) is 3.47. The van der Waals surface area contributed by atoms with E-state index in [1.807, 2.05) is 0 Å². The second-order valence-corrected chi connectivity index (χ2v) is 3.47. The maximum absolute atomic E-state index is 10.9. The number of nitrogens with zero attached hydrogens (tertiary/aromatic N) is 3. The number of nitro benzene ring substituents is 1. The van der Waals surface area contributed by atoms with Gasteiger partial charge in [-0.3, -0.25) is 10.1 Å². The van der Waals surface area contributed by atoms with Crippen LogP contribution in [-0.4, -0.2) is 4.92 Å². The zero-order chi connectivity index (χ0) is 13.0. The average molecular weight is 265 g/mol. The standard InChI is InChI=1S/C12H9N3O3.Na/c16-12-7-3-10(4-8-12)14-13-9-1-5-11(6-2-9)15(17)18;/h1-8,16H;/q;+1/p-1. The minimum absolute atomic E-state index is 0. The van der Waals surface area contributed by atoms with Gasteiger partial charge in [-0.25, -0.2) is 0 Å². The van der Waals surface area contributed by atoms with Crippen molar-refractivity contribution in [2.45, 2.75) is 0 Å². The molecule has 2 aromatic rings. The van der Waals surface area contributed by atoms with Crippen LogP contribution in [0.1, 0.15) is 0 Å². The van der Waals surface area contributed by atoms with Crippen LogP contribution >= 0.6 is 0 Å². The molecule has 0 saturated carbocycles. The van der Waals surface area contributed by atoms with Crippen molar-refractivity contribution >= 4 is 17.1 Å². The van der Waals surface area contributed by atoms with Gasteiger partial charge in [-0.15, -0.1) is 5.75 Å². The molecule has 6 nitrogen and oxygen atoms in total. The first-order chi connectivity index (χ1) is 8.65. The predicted molar refractivity (Wildman–Crippen MR) is 63.2 cm³/mol. The van der Waals surface area contributed by atoms with Crippen molar-refractivity contribution in [1.29, 1.82) is 0 Å². The van der Waals surface area contributed by atoms with Crippen molar-refractivity contribution in [3.63, 3.8) is 0 Å². The molecule has 0 aliphatic heterocycles. The van der Waals surface area contributed by atoms with Gasteiger partial charge in [0.15, 0.2) is 0 Å². The third-order valence-electron chi connectivity index (χ3n) is 2.18. The number of benzene rings is 2. The number of azo groups is 1. The number of non-ortho nitro benzene ring substituents is 1. The van der Waals surface area contributed by atoms with Gasteiger partial charge in [0, 0.05) is 12.1 Å². The summed E-state index contributed by atoms with van der Waals surface area (Å²) < 4.78 is 0. The monoisotopic (exact) mass is 265 g/mol. The average Bonchev–Trinajstić information content (AvgIpc) is 2.38. The summed E-state index contributed by atoms with van der Waals surface area (Å²) in [4.78, 5) is 9.97. The van der Waals surface area contributed by atoms with Crippen LogP contribution in [0.4, 0.5) is 17.1 Å². The normalized spacial score (nSPS) is 10.1. The summed E-state index contributed by atoms with van der Waals surface area (Å²) in [5, 5.41) is 29.1. The van der Waals surface area contributed by atoms with Gasteiger partial charge in [-0.1, -0.05) is 12.1 Å².